The fourth-order valence-corrected chi connectivity index (χ4v) is 4.31. The lowest BCUT2D eigenvalue weighted by molar-refractivity contribution is -0.139. The van der Waals surface area contributed by atoms with E-state index in [2.05, 4.69) is 56.8 Å². The molecule has 2 N–H and O–H groups in total. The van der Waals surface area contributed by atoms with Crippen LogP contribution in [0.25, 0.3) is 0 Å². The molecular formula is C27H32N4O3. The molecule has 1 saturated heterocycles. The minimum atomic E-state index is -0.612. The number of aryl methyl sites for hydroxylation is 1. The highest BCUT2D eigenvalue weighted by atomic mass is 16.3. The summed E-state index contributed by atoms with van der Waals surface area (Å²) in [6.45, 7) is 4.22. The Kier molecular flexibility index (Phi) is 8.35. The number of hydrogen-bond donors (Lipinski definition) is 2. The largest absolute Gasteiger partial charge is 0.468 e. The molecule has 34 heavy (non-hydrogen) atoms. The van der Waals surface area contributed by atoms with E-state index in [0.717, 1.165) is 44.8 Å². The molecule has 2 amide bonds. The maximum Gasteiger partial charge on any atom is 0.309 e. The van der Waals surface area contributed by atoms with E-state index in [-0.39, 0.29) is 6.04 Å². The van der Waals surface area contributed by atoms with Gasteiger partial charge in [0.15, 0.2) is 0 Å². The second kappa shape index (κ2) is 12.0. The Morgan fingerprint density at radius 1 is 0.824 bits per heavy atom. The van der Waals surface area contributed by atoms with Crippen molar-refractivity contribution in [1.29, 1.82) is 0 Å². The van der Waals surface area contributed by atoms with Crippen molar-refractivity contribution in [2.75, 3.05) is 44.2 Å². The molecule has 178 valence electrons. The number of carbonyl (C=O) groups excluding carboxylic acids is 2. The Labute approximate surface area is 200 Å². The van der Waals surface area contributed by atoms with Crippen LogP contribution in [-0.4, -0.2) is 56.0 Å². The van der Waals surface area contributed by atoms with Gasteiger partial charge >= 0.3 is 11.8 Å². The van der Waals surface area contributed by atoms with Gasteiger partial charge in [-0.3, -0.25) is 14.5 Å². The van der Waals surface area contributed by atoms with E-state index in [4.69, 9.17) is 4.42 Å². The average Bonchev–Trinajstić information content (AvgIpc) is 3.43. The third kappa shape index (κ3) is 6.48. The van der Waals surface area contributed by atoms with Crippen LogP contribution in [0.5, 0.6) is 0 Å². The van der Waals surface area contributed by atoms with E-state index in [1.165, 1.54) is 11.3 Å². The number of hydrogen-bond acceptors (Lipinski definition) is 5. The summed E-state index contributed by atoms with van der Waals surface area (Å²) in [5, 5.41) is 5.52. The summed E-state index contributed by atoms with van der Waals surface area (Å²) in [4.78, 5) is 29.3. The average molecular weight is 461 g/mol. The second-order valence-electron chi connectivity index (χ2n) is 8.44. The maximum atomic E-state index is 12.4. The van der Waals surface area contributed by atoms with E-state index >= 15 is 0 Å². The van der Waals surface area contributed by atoms with Gasteiger partial charge in [0, 0.05) is 45.0 Å². The lowest BCUT2D eigenvalue weighted by Crippen LogP contribution is -2.50. The standard InChI is InChI=1S/C27H32N4O3/c32-26(28-15-7-11-22-9-3-1-4-10-22)27(33)29-21-24(25-14-8-20-34-25)31-18-16-30(17-19-31)23-12-5-2-6-13-23/h1-6,8-10,12-14,20,24H,7,11,15-19,21H2,(H,28,32)(H,29,33)/t24-/m0/s1. The number of furan rings is 1. The zero-order chi connectivity index (χ0) is 23.6. The Balaban J connectivity index is 1.25. The molecule has 4 rings (SSSR count). The number of piperazine rings is 1. The van der Waals surface area contributed by atoms with Crippen molar-refractivity contribution in [3.8, 4) is 0 Å². The molecule has 1 aromatic heterocycles. The van der Waals surface area contributed by atoms with Crippen molar-refractivity contribution in [3.63, 3.8) is 0 Å². The number of benzene rings is 2. The van der Waals surface area contributed by atoms with E-state index in [1.54, 1.807) is 6.26 Å². The van der Waals surface area contributed by atoms with Gasteiger partial charge in [-0.05, 0) is 42.7 Å². The summed E-state index contributed by atoms with van der Waals surface area (Å²) < 4.78 is 5.67. The lowest BCUT2D eigenvalue weighted by atomic mass is 10.1. The molecule has 2 heterocycles. The van der Waals surface area contributed by atoms with Gasteiger partial charge in [-0.25, -0.2) is 0 Å². The van der Waals surface area contributed by atoms with Crippen molar-refractivity contribution in [2.45, 2.75) is 18.9 Å². The summed E-state index contributed by atoms with van der Waals surface area (Å²) in [6, 6.07) is 24.1. The van der Waals surface area contributed by atoms with Crippen LogP contribution >= 0.6 is 0 Å². The van der Waals surface area contributed by atoms with Gasteiger partial charge in [-0.1, -0.05) is 48.5 Å². The highest BCUT2D eigenvalue weighted by Gasteiger charge is 2.28. The van der Waals surface area contributed by atoms with Gasteiger partial charge in [0.2, 0.25) is 0 Å². The van der Waals surface area contributed by atoms with Gasteiger partial charge in [0.25, 0.3) is 0 Å². The summed E-state index contributed by atoms with van der Waals surface area (Å²) in [6.07, 6.45) is 3.28. The summed E-state index contributed by atoms with van der Waals surface area (Å²) in [7, 11) is 0. The molecule has 0 saturated carbocycles. The summed E-state index contributed by atoms with van der Waals surface area (Å²) >= 11 is 0. The van der Waals surface area contributed by atoms with Gasteiger partial charge in [0.05, 0.1) is 12.3 Å². The summed E-state index contributed by atoms with van der Waals surface area (Å²) in [5.74, 6) is -0.420. The molecule has 0 bridgehead atoms. The Hall–Kier alpha value is -3.58. The van der Waals surface area contributed by atoms with Gasteiger partial charge in [-0.15, -0.1) is 0 Å². The van der Waals surface area contributed by atoms with E-state index < -0.39 is 11.8 Å². The topological polar surface area (TPSA) is 77.8 Å². The first-order valence-corrected chi connectivity index (χ1v) is 11.9. The number of para-hydroxylation sites is 1. The number of carbonyl (C=O) groups is 2. The molecule has 7 nitrogen and oxygen atoms in total. The second-order valence-corrected chi connectivity index (χ2v) is 8.44. The molecule has 7 heteroatoms. The number of nitrogens with zero attached hydrogens (tertiary/aromatic N) is 2. The molecule has 0 radical (unpaired) electrons. The van der Waals surface area contributed by atoms with E-state index in [1.807, 2.05) is 36.4 Å². The number of nitrogens with one attached hydrogen (secondary N) is 2. The number of amides is 2. The van der Waals surface area contributed by atoms with Gasteiger partial charge in [0.1, 0.15) is 5.76 Å². The van der Waals surface area contributed by atoms with Crippen LogP contribution in [0.4, 0.5) is 5.69 Å². The quantitative estimate of drug-likeness (QED) is 0.379. The normalized spacial score (nSPS) is 15.0. The molecule has 1 aliphatic rings. The van der Waals surface area contributed by atoms with Crippen molar-refractivity contribution in [2.24, 2.45) is 0 Å². The molecule has 3 aromatic rings. The zero-order valence-corrected chi connectivity index (χ0v) is 19.4. The fourth-order valence-electron chi connectivity index (χ4n) is 4.31. The maximum absolute atomic E-state index is 12.4. The Morgan fingerprint density at radius 2 is 1.50 bits per heavy atom. The molecular weight excluding hydrogens is 428 g/mol. The van der Waals surface area contributed by atoms with Gasteiger partial charge < -0.3 is 20.0 Å². The predicted octanol–water partition coefficient (Wildman–Crippen LogP) is 3.01. The number of anilines is 1. The minimum Gasteiger partial charge on any atom is -0.468 e. The molecule has 1 atom stereocenters. The van der Waals surface area contributed by atoms with Crippen LogP contribution in [-0.2, 0) is 16.0 Å². The molecule has 0 unspecified atom stereocenters. The van der Waals surface area contributed by atoms with E-state index in [9.17, 15) is 9.59 Å². The smallest absolute Gasteiger partial charge is 0.309 e. The van der Waals surface area contributed by atoms with Crippen LogP contribution in [0.3, 0.4) is 0 Å². The predicted molar refractivity (Wildman–Crippen MR) is 132 cm³/mol. The van der Waals surface area contributed by atoms with Crippen LogP contribution < -0.4 is 15.5 Å². The first-order chi connectivity index (χ1) is 16.7. The molecule has 1 fully saturated rings. The zero-order valence-electron chi connectivity index (χ0n) is 19.4. The Bertz CT molecular complexity index is 1020. The Morgan fingerprint density at radius 3 is 2.18 bits per heavy atom. The molecule has 1 aliphatic heterocycles. The van der Waals surface area contributed by atoms with Crippen LogP contribution in [0.15, 0.2) is 83.5 Å². The van der Waals surface area contributed by atoms with Crippen molar-refractivity contribution in [3.05, 3.63) is 90.4 Å². The van der Waals surface area contributed by atoms with Crippen molar-refractivity contribution < 1.29 is 14.0 Å². The van der Waals surface area contributed by atoms with E-state index in [0.29, 0.717) is 13.1 Å². The van der Waals surface area contributed by atoms with Crippen molar-refractivity contribution >= 4 is 17.5 Å². The summed E-state index contributed by atoms with van der Waals surface area (Å²) in [5.41, 5.74) is 2.43. The van der Waals surface area contributed by atoms with Crippen LogP contribution in [0.1, 0.15) is 23.8 Å². The molecule has 2 aromatic carbocycles. The third-order valence-corrected chi connectivity index (χ3v) is 6.18. The lowest BCUT2D eigenvalue weighted by Gasteiger charge is -2.39. The first kappa shape index (κ1) is 23.6. The molecule has 0 aliphatic carbocycles. The van der Waals surface area contributed by atoms with Gasteiger partial charge in [-0.2, -0.15) is 0 Å². The monoisotopic (exact) mass is 460 g/mol. The number of rotatable bonds is 9. The first-order valence-electron chi connectivity index (χ1n) is 11.9. The fraction of sp³-hybridized carbons (Fsp3) is 0.333. The highest BCUT2D eigenvalue weighted by molar-refractivity contribution is 6.35. The van der Waals surface area contributed by atoms with Crippen molar-refractivity contribution in [1.82, 2.24) is 15.5 Å². The van der Waals surface area contributed by atoms with Crippen LogP contribution in [0.2, 0.25) is 0 Å². The molecule has 0 spiro atoms. The minimum absolute atomic E-state index is 0.122. The van der Waals surface area contributed by atoms with Crippen LogP contribution in [0, 0.1) is 0 Å². The SMILES string of the molecule is O=C(NCCCc1ccccc1)C(=O)NC[C@@H](c1ccco1)N1CCN(c2ccccc2)CC1. The highest BCUT2D eigenvalue weighted by Crippen LogP contribution is 2.24. The third-order valence-electron chi connectivity index (χ3n) is 6.18.